The number of thiophene rings is 1. The fraction of sp³-hybridized carbons (Fsp3) is 0.346. The molecule has 2 aromatic carbocycles. The maximum atomic E-state index is 11.7. The number of aliphatic hydroxyl groups is 1. The normalized spacial score (nSPS) is 14.5. The van der Waals surface area contributed by atoms with Crippen molar-refractivity contribution < 1.29 is 28.8 Å². The van der Waals surface area contributed by atoms with Gasteiger partial charge in [0.25, 0.3) is 0 Å². The van der Waals surface area contributed by atoms with Crippen LogP contribution in [-0.2, 0) is 37.8 Å². The summed E-state index contributed by atoms with van der Waals surface area (Å²) in [6.07, 6.45) is 0. The number of ether oxygens (including phenoxy) is 4. The Bertz CT molecular complexity index is 1080. The maximum absolute atomic E-state index is 11.7. The van der Waals surface area contributed by atoms with Crippen molar-refractivity contribution in [2.75, 3.05) is 26.4 Å². The van der Waals surface area contributed by atoms with E-state index in [0.717, 1.165) is 32.9 Å². The van der Waals surface area contributed by atoms with Crippen molar-refractivity contribution in [1.29, 1.82) is 0 Å². The zero-order valence-electron chi connectivity index (χ0n) is 18.8. The molecule has 0 bridgehead atoms. The molecule has 1 fully saturated rings. The molecule has 0 radical (unpaired) electrons. The van der Waals surface area contributed by atoms with Gasteiger partial charge < -0.3 is 24.1 Å². The summed E-state index contributed by atoms with van der Waals surface area (Å²) in [5.41, 5.74) is 3.68. The number of esters is 1. The van der Waals surface area contributed by atoms with Crippen LogP contribution in [0.1, 0.15) is 28.5 Å². The third-order valence-electron chi connectivity index (χ3n) is 5.54. The number of rotatable bonds is 10. The summed E-state index contributed by atoms with van der Waals surface area (Å²) >= 11 is 1.61. The van der Waals surface area contributed by atoms with Crippen LogP contribution in [-0.4, -0.2) is 37.5 Å². The smallest absolute Gasteiger partial charge is 0.332 e. The summed E-state index contributed by atoms with van der Waals surface area (Å²) in [5.74, 6) is 0.371. The maximum Gasteiger partial charge on any atom is 0.332 e. The molecule has 6 nitrogen and oxygen atoms in total. The second-order valence-corrected chi connectivity index (χ2v) is 9.11. The molecule has 1 aliphatic heterocycles. The number of aryl methyl sites for hydroxylation is 1. The molecule has 3 aromatic rings. The van der Waals surface area contributed by atoms with E-state index in [-0.39, 0.29) is 19.2 Å². The van der Waals surface area contributed by atoms with Gasteiger partial charge in [-0.25, -0.2) is 4.79 Å². The predicted molar refractivity (Wildman–Crippen MR) is 126 cm³/mol. The SMILES string of the molecule is CCOC(=O)COC1(c2ccc(OCc3cccc(-c4sc(CO)cc4C)c3)cc2)COC1. The number of carbonyl (C=O) groups excluding carboxylic acids is 1. The molecule has 1 N–H and O–H groups in total. The number of benzene rings is 2. The highest BCUT2D eigenvalue weighted by Gasteiger charge is 2.42. The molecule has 2 heterocycles. The molecule has 1 saturated heterocycles. The Morgan fingerprint density at radius 2 is 1.94 bits per heavy atom. The molecule has 0 unspecified atom stereocenters. The summed E-state index contributed by atoms with van der Waals surface area (Å²) in [7, 11) is 0. The van der Waals surface area contributed by atoms with Gasteiger partial charge in [-0.1, -0.05) is 30.3 Å². The van der Waals surface area contributed by atoms with E-state index in [0.29, 0.717) is 26.4 Å². The fourth-order valence-corrected chi connectivity index (χ4v) is 4.78. The van der Waals surface area contributed by atoms with Crippen molar-refractivity contribution in [2.24, 2.45) is 0 Å². The minimum Gasteiger partial charge on any atom is -0.489 e. The van der Waals surface area contributed by atoms with Gasteiger partial charge in [0, 0.05) is 9.75 Å². The summed E-state index contributed by atoms with van der Waals surface area (Å²) in [4.78, 5) is 13.8. The number of hydrogen-bond acceptors (Lipinski definition) is 7. The molecule has 1 aromatic heterocycles. The Hall–Kier alpha value is -2.71. The molecular formula is C26H28O6S. The van der Waals surface area contributed by atoms with Gasteiger partial charge in [-0.2, -0.15) is 0 Å². The average molecular weight is 469 g/mol. The van der Waals surface area contributed by atoms with Crippen LogP contribution in [0.15, 0.2) is 54.6 Å². The number of hydrogen-bond donors (Lipinski definition) is 1. The topological polar surface area (TPSA) is 74.2 Å². The van der Waals surface area contributed by atoms with Crippen LogP contribution in [0.3, 0.4) is 0 Å². The van der Waals surface area contributed by atoms with Gasteiger partial charge in [-0.15, -0.1) is 11.3 Å². The van der Waals surface area contributed by atoms with Crippen LogP contribution in [0.5, 0.6) is 5.75 Å². The lowest BCUT2D eigenvalue weighted by atomic mass is 9.91. The van der Waals surface area contributed by atoms with Gasteiger partial charge in [0.05, 0.1) is 26.4 Å². The van der Waals surface area contributed by atoms with Crippen LogP contribution >= 0.6 is 11.3 Å². The average Bonchev–Trinajstić information content (AvgIpc) is 3.19. The summed E-state index contributed by atoms with van der Waals surface area (Å²) in [6, 6.07) is 18.0. The van der Waals surface area contributed by atoms with E-state index in [1.807, 2.05) is 42.5 Å². The lowest BCUT2D eigenvalue weighted by molar-refractivity contribution is -0.221. The van der Waals surface area contributed by atoms with Gasteiger partial charge >= 0.3 is 5.97 Å². The lowest BCUT2D eigenvalue weighted by Gasteiger charge is -2.41. The highest BCUT2D eigenvalue weighted by Crippen LogP contribution is 2.35. The number of aliphatic hydroxyl groups excluding tert-OH is 1. The first-order valence-corrected chi connectivity index (χ1v) is 11.7. The van der Waals surface area contributed by atoms with Crippen LogP contribution in [0.25, 0.3) is 10.4 Å². The highest BCUT2D eigenvalue weighted by atomic mass is 32.1. The van der Waals surface area contributed by atoms with E-state index in [4.69, 9.17) is 18.9 Å². The van der Waals surface area contributed by atoms with Crippen LogP contribution in [0, 0.1) is 6.92 Å². The largest absolute Gasteiger partial charge is 0.489 e. The Balaban J connectivity index is 1.39. The van der Waals surface area contributed by atoms with Gasteiger partial charge in [-0.05, 0) is 60.4 Å². The minimum absolute atomic E-state index is 0.0611. The number of carbonyl (C=O) groups is 1. The van der Waals surface area contributed by atoms with Crippen molar-refractivity contribution in [3.63, 3.8) is 0 Å². The van der Waals surface area contributed by atoms with Crippen LogP contribution in [0.4, 0.5) is 0 Å². The molecule has 33 heavy (non-hydrogen) atoms. The van der Waals surface area contributed by atoms with Crippen LogP contribution < -0.4 is 4.74 Å². The third kappa shape index (κ3) is 5.45. The molecule has 174 valence electrons. The Morgan fingerprint density at radius 1 is 1.15 bits per heavy atom. The molecule has 7 heteroatoms. The minimum atomic E-state index is -0.619. The second-order valence-electron chi connectivity index (χ2n) is 7.98. The first-order chi connectivity index (χ1) is 16.0. The van der Waals surface area contributed by atoms with Crippen molar-refractivity contribution in [1.82, 2.24) is 0 Å². The van der Waals surface area contributed by atoms with E-state index in [1.54, 1.807) is 18.3 Å². The fourth-order valence-electron chi connectivity index (χ4n) is 3.76. The van der Waals surface area contributed by atoms with Gasteiger partial charge in [0.1, 0.15) is 24.6 Å². The van der Waals surface area contributed by atoms with Crippen molar-refractivity contribution in [2.45, 2.75) is 32.7 Å². The van der Waals surface area contributed by atoms with Gasteiger partial charge in [-0.3, -0.25) is 0 Å². The Kier molecular flexibility index (Phi) is 7.45. The standard InChI is InChI=1S/C26H28O6S/c1-3-30-24(28)15-32-26(16-29-17-26)21-7-9-22(10-8-21)31-14-19-5-4-6-20(12-19)25-18(2)11-23(13-27)33-25/h4-12,27H,3,13-17H2,1-2H3. The van der Waals surface area contributed by atoms with Crippen molar-refractivity contribution >= 4 is 17.3 Å². The summed E-state index contributed by atoms with van der Waals surface area (Å²) in [5, 5.41) is 9.41. The molecule has 0 saturated carbocycles. The van der Waals surface area contributed by atoms with Gasteiger partial charge in [0.15, 0.2) is 0 Å². The molecule has 0 atom stereocenters. The zero-order valence-corrected chi connectivity index (χ0v) is 19.7. The van der Waals surface area contributed by atoms with E-state index >= 15 is 0 Å². The molecule has 0 aliphatic carbocycles. The van der Waals surface area contributed by atoms with Crippen molar-refractivity contribution in [3.8, 4) is 16.2 Å². The third-order valence-corrected chi connectivity index (χ3v) is 6.81. The Morgan fingerprint density at radius 3 is 2.58 bits per heavy atom. The van der Waals surface area contributed by atoms with Gasteiger partial charge in [0.2, 0.25) is 0 Å². The van der Waals surface area contributed by atoms with E-state index < -0.39 is 5.60 Å². The molecular weight excluding hydrogens is 440 g/mol. The van der Waals surface area contributed by atoms with E-state index in [9.17, 15) is 9.90 Å². The highest BCUT2D eigenvalue weighted by molar-refractivity contribution is 7.15. The summed E-state index contributed by atoms with van der Waals surface area (Å²) < 4.78 is 22.2. The quantitative estimate of drug-likeness (QED) is 0.439. The van der Waals surface area contributed by atoms with E-state index in [1.165, 1.54) is 4.88 Å². The lowest BCUT2D eigenvalue weighted by Crippen LogP contribution is -2.49. The first-order valence-electron chi connectivity index (χ1n) is 10.9. The second kappa shape index (κ2) is 10.5. The first kappa shape index (κ1) is 23.4. The zero-order chi connectivity index (χ0) is 23.3. The summed E-state index contributed by atoms with van der Waals surface area (Å²) in [6.45, 7) is 5.37. The van der Waals surface area contributed by atoms with Crippen LogP contribution in [0.2, 0.25) is 0 Å². The Labute approximate surface area is 197 Å². The monoisotopic (exact) mass is 468 g/mol. The molecule has 0 spiro atoms. The van der Waals surface area contributed by atoms with E-state index in [2.05, 4.69) is 19.1 Å². The molecule has 1 aliphatic rings. The molecule has 0 amide bonds. The molecule has 4 rings (SSSR count). The predicted octanol–water partition coefficient (Wildman–Crippen LogP) is 4.60. The van der Waals surface area contributed by atoms with Crippen molar-refractivity contribution in [3.05, 3.63) is 76.2 Å².